The Morgan fingerprint density at radius 2 is 2.17 bits per heavy atom. The summed E-state index contributed by atoms with van der Waals surface area (Å²) in [5, 5.41) is 3.22. The van der Waals surface area contributed by atoms with Crippen LogP contribution in [0, 0.1) is 6.92 Å². The zero-order chi connectivity index (χ0) is 13.0. The van der Waals surface area contributed by atoms with E-state index in [1.807, 2.05) is 0 Å². The van der Waals surface area contributed by atoms with Gasteiger partial charge >= 0.3 is 0 Å². The fourth-order valence-corrected chi connectivity index (χ4v) is 2.12. The van der Waals surface area contributed by atoms with Crippen LogP contribution in [0.1, 0.15) is 23.9 Å². The first-order chi connectivity index (χ1) is 8.69. The zero-order valence-electron chi connectivity index (χ0n) is 10.6. The Kier molecular flexibility index (Phi) is 4.31. The predicted octanol–water partition coefficient (Wildman–Crippen LogP) is 3.57. The second-order valence-corrected chi connectivity index (χ2v) is 5.03. The minimum Gasteiger partial charge on any atom is -0.369 e. The van der Waals surface area contributed by atoms with Crippen LogP contribution in [-0.2, 0) is 6.42 Å². The Bertz CT molecular complexity index is 540. The van der Waals surface area contributed by atoms with Crippen molar-refractivity contribution in [1.29, 1.82) is 0 Å². The molecule has 18 heavy (non-hydrogen) atoms. The van der Waals surface area contributed by atoms with Gasteiger partial charge in [0.15, 0.2) is 0 Å². The molecular formula is C14H16BrN3. The lowest BCUT2D eigenvalue weighted by molar-refractivity contribution is 0.955. The van der Waals surface area contributed by atoms with E-state index in [0.717, 1.165) is 29.1 Å². The molecular weight excluding hydrogens is 290 g/mol. The van der Waals surface area contributed by atoms with Crippen LogP contribution in [0.5, 0.6) is 0 Å². The summed E-state index contributed by atoms with van der Waals surface area (Å²) in [6.07, 6.45) is 2.56. The third-order valence-electron chi connectivity index (χ3n) is 2.58. The van der Waals surface area contributed by atoms with Crippen molar-refractivity contribution in [2.75, 3.05) is 11.9 Å². The molecule has 1 aromatic heterocycles. The molecule has 0 aliphatic carbocycles. The first-order valence-electron chi connectivity index (χ1n) is 6.00. The van der Waals surface area contributed by atoms with E-state index >= 15 is 0 Å². The Morgan fingerprint density at radius 1 is 1.33 bits per heavy atom. The topological polar surface area (TPSA) is 37.8 Å². The summed E-state index contributed by atoms with van der Waals surface area (Å²) in [6, 6.07) is 8.42. The van der Waals surface area contributed by atoms with E-state index in [1.54, 1.807) is 6.20 Å². The van der Waals surface area contributed by atoms with Crippen molar-refractivity contribution < 1.29 is 0 Å². The summed E-state index contributed by atoms with van der Waals surface area (Å²) < 4.78 is 0.900. The van der Waals surface area contributed by atoms with Crippen molar-refractivity contribution in [3.05, 3.63) is 51.9 Å². The lowest BCUT2D eigenvalue weighted by Gasteiger charge is -2.07. The van der Waals surface area contributed by atoms with Gasteiger partial charge < -0.3 is 5.32 Å². The number of rotatable bonds is 4. The number of anilines is 1. The Hall–Kier alpha value is -1.42. The van der Waals surface area contributed by atoms with Gasteiger partial charge in [-0.3, -0.25) is 0 Å². The molecule has 0 bridgehead atoms. The van der Waals surface area contributed by atoms with Gasteiger partial charge in [-0.15, -0.1) is 0 Å². The molecule has 0 atom stereocenters. The van der Waals surface area contributed by atoms with E-state index in [2.05, 4.69) is 69.3 Å². The maximum absolute atomic E-state index is 4.52. The molecule has 2 rings (SSSR count). The summed E-state index contributed by atoms with van der Waals surface area (Å²) in [5.41, 5.74) is 2.50. The number of halogens is 1. The lowest BCUT2D eigenvalue weighted by Crippen LogP contribution is -2.04. The van der Waals surface area contributed by atoms with E-state index in [-0.39, 0.29) is 0 Å². The van der Waals surface area contributed by atoms with Crippen LogP contribution in [0.3, 0.4) is 0 Å². The van der Waals surface area contributed by atoms with E-state index in [9.17, 15) is 0 Å². The monoisotopic (exact) mass is 305 g/mol. The minimum atomic E-state index is 0.757. The van der Waals surface area contributed by atoms with Gasteiger partial charge in [-0.05, 0) is 35.3 Å². The van der Waals surface area contributed by atoms with Crippen molar-refractivity contribution in [2.24, 2.45) is 0 Å². The molecule has 1 aromatic carbocycles. The molecule has 0 radical (unpaired) electrons. The van der Waals surface area contributed by atoms with Gasteiger partial charge in [0.05, 0.1) is 4.47 Å². The average molecular weight is 306 g/mol. The molecule has 1 N–H and O–H groups in total. The third-order valence-corrected chi connectivity index (χ3v) is 3.16. The number of nitrogens with zero attached hydrogens (tertiary/aromatic N) is 2. The largest absolute Gasteiger partial charge is 0.369 e. The summed E-state index contributed by atoms with van der Waals surface area (Å²) in [4.78, 5) is 8.87. The van der Waals surface area contributed by atoms with Gasteiger partial charge in [0.2, 0.25) is 0 Å². The first-order valence-corrected chi connectivity index (χ1v) is 6.79. The Morgan fingerprint density at radius 3 is 2.89 bits per heavy atom. The van der Waals surface area contributed by atoms with Crippen molar-refractivity contribution in [2.45, 2.75) is 20.3 Å². The van der Waals surface area contributed by atoms with Gasteiger partial charge in [0, 0.05) is 19.2 Å². The number of aromatic nitrogens is 2. The van der Waals surface area contributed by atoms with Crippen molar-refractivity contribution >= 4 is 21.7 Å². The highest BCUT2D eigenvalue weighted by atomic mass is 79.9. The molecule has 94 valence electrons. The van der Waals surface area contributed by atoms with E-state index in [4.69, 9.17) is 0 Å². The van der Waals surface area contributed by atoms with E-state index < -0.39 is 0 Å². The second kappa shape index (κ2) is 5.96. The molecule has 2 aromatic rings. The minimum absolute atomic E-state index is 0.757. The number of benzene rings is 1. The van der Waals surface area contributed by atoms with Crippen LogP contribution < -0.4 is 5.32 Å². The lowest BCUT2D eigenvalue weighted by atomic mass is 10.1. The number of nitrogens with one attached hydrogen (secondary N) is 1. The second-order valence-electron chi connectivity index (χ2n) is 4.18. The summed E-state index contributed by atoms with van der Waals surface area (Å²) in [7, 11) is 0. The molecule has 0 aliphatic heterocycles. The van der Waals surface area contributed by atoms with Gasteiger partial charge in [-0.1, -0.05) is 29.8 Å². The predicted molar refractivity (Wildman–Crippen MR) is 77.9 cm³/mol. The molecule has 0 spiro atoms. The van der Waals surface area contributed by atoms with Gasteiger partial charge in [-0.25, -0.2) is 9.97 Å². The van der Waals surface area contributed by atoms with Crippen molar-refractivity contribution in [3.63, 3.8) is 0 Å². The molecule has 3 nitrogen and oxygen atoms in total. The van der Waals surface area contributed by atoms with Crippen LogP contribution in [0.4, 0.5) is 5.82 Å². The van der Waals surface area contributed by atoms with Gasteiger partial charge in [0.1, 0.15) is 11.6 Å². The van der Waals surface area contributed by atoms with Crippen LogP contribution in [0.2, 0.25) is 0 Å². The van der Waals surface area contributed by atoms with Gasteiger partial charge in [0.25, 0.3) is 0 Å². The molecule has 0 saturated carbocycles. The number of hydrogen-bond acceptors (Lipinski definition) is 3. The molecule has 0 saturated heterocycles. The standard InChI is InChI=1S/C14H16BrN3/c1-3-16-14-12(15)9-17-13(18-14)8-11-6-4-5-10(2)7-11/h4-7,9H,3,8H2,1-2H3,(H,16,17,18). The average Bonchev–Trinajstić information content (AvgIpc) is 2.34. The molecule has 4 heteroatoms. The quantitative estimate of drug-likeness (QED) is 0.938. The zero-order valence-corrected chi connectivity index (χ0v) is 12.2. The number of aryl methyl sites for hydroxylation is 1. The first kappa shape index (κ1) is 13.0. The van der Waals surface area contributed by atoms with Crippen molar-refractivity contribution in [3.8, 4) is 0 Å². The fraction of sp³-hybridized carbons (Fsp3) is 0.286. The highest BCUT2D eigenvalue weighted by molar-refractivity contribution is 9.10. The number of hydrogen-bond donors (Lipinski definition) is 1. The SMILES string of the molecule is CCNc1nc(Cc2cccc(C)c2)ncc1Br. The fourth-order valence-electron chi connectivity index (χ4n) is 1.78. The Labute approximate surface area is 116 Å². The van der Waals surface area contributed by atoms with E-state index in [0.29, 0.717) is 0 Å². The van der Waals surface area contributed by atoms with E-state index in [1.165, 1.54) is 11.1 Å². The van der Waals surface area contributed by atoms with Crippen molar-refractivity contribution in [1.82, 2.24) is 9.97 Å². The summed E-state index contributed by atoms with van der Waals surface area (Å²) in [6.45, 7) is 4.99. The van der Waals surface area contributed by atoms with Crippen LogP contribution in [0.25, 0.3) is 0 Å². The van der Waals surface area contributed by atoms with Crippen LogP contribution in [0.15, 0.2) is 34.9 Å². The molecule has 0 unspecified atom stereocenters. The molecule has 0 aliphatic rings. The molecule has 0 amide bonds. The molecule has 0 fully saturated rings. The van der Waals surface area contributed by atoms with Gasteiger partial charge in [-0.2, -0.15) is 0 Å². The summed E-state index contributed by atoms with van der Waals surface area (Å²) >= 11 is 3.44. The van der Waals surface area contributed by atoms with Crippen LogP contribution >= 0.6 is 15.9 Å². The third kappa shape index (κ3) is 3.29. The highest BCUT2D eigenvalue weighted by Crippen LogP contribution is 2.19. The smallest absolute Gasteiger partial charge is 0.144 e. The Balaban J connectivity index is 2.21. The van der Waals surface area contributed by atoms with Crippen LogP contribution in [-0.4, -0.2) is 16.5 Å². The normalized spacial score (nSPS) is 10.4. The molecule has 1 heterocycles. The summed E-state index contributed by atoms with van der Waals surface area (Å²) in [5.74, 6) is 1.69. The maximum atomic E-state index is 4.52. The highest BCUT2D eigenvalue weighted by Gasteiger charge is 2.05. The maximum Gasteiger partial charge on any atom is 0.144 e.